The minimum absolute atomic E-state index is 0.166. The van der Waals surface area contributed by atoms with Crippen LogP contribution in [0.25, 0.3) is 0 Å². The Morgan fingerprint density at radius 3 is 2.45 bits per heavy atom. The summed E-state index contributed by atoms with van der Waals surface area (Å²) < 4.78 is 11.0. The molecule has 0 saturated carbocycles. The van der Waals surface area contributed by atoms with E-state index in [4.69, 9.17) is 9.26 Å². The number of amides is 1. The number of hydrogen-bond acceptors (Lipinski definition) is 6. The van der Waals surface area contributed by atoms with Crippen molar-refractivity contribution < 1.29 is 14.1 Å². The summed E-state index contributed by atoms with van der Waals surface area (Å²) in [6, 6.07) is 15.3. The van der Waals surface area contributed by atoms with Crippen molar-refractivity contribution >= 4 is 11.6 Å². The average molecular weight is 449 g/mol. The van der Waals surface area contributed by atoms with Gasteiger partial charge in [0, 0.05) is 44.0 Å². The van der Waals surface area contributed by atoms with Gasteiger partial charge in [-0.3, -0.25) is 9.69 Å². The number of ether oxygens (including phenoxy) is 1. The Kier molecular flexibility index (Phi) is 7.42. The molecule has 1 N–H and O–H groups in total. The van der Waals surface area contributed by atoms with Gasteiger partial charge in [0.25, 0.3) is 5.91 Å². The first-order valence-electron chi connectivity index (χ1n) is 11.5. The summed E-state index contributed by atoms with van der Waals surface area (Å²) >= 11 is 0. The topological polar surface area (TPSA) is 70.8 Å². The Bertz CT molecular complexity index is 1050. The van der Waals surface area contributed by atoms with E-state index >= 15 is 0 Å². The van der Waals surface area contributed by atoms with Gasteiger partial charge in [0.2, 0.25) is 0 Å². The summed E-state index contributed by atoms with van der Waals surface area (Å²) in [5.74, 6) is 1.20. The van der Waals surface area contributed by atoms with Crippen LogP contribution in [0.4, 0.5) is 5.69 Å². The van der Waals surface area contributed by atoms with E-state index in [0.717, 1.165) is 62.0 Å². The smallest absolute Gasteiger partial charge is 0.255 e. The Morgan fingerprint density at radius 2 is 1.79 bits per heavy atom. The number of benzene rings is 2. The quantitative estimate of drug-likeness (QED) is 0.555. The van der Waals surface area contributed by atoms with E-state index in [1.807, 2.05) is 38.1 Å². The van der Waals surface area contributed by atoms with Crippen LogP contribution in [0.5, 0.6) is 5.75 Å². The molecule has 174 valence electrons. The molecule has 1 aliphatic heterocycles. The highest BCUT2D eigenvalue weighted by atomic mass is 16.5. The van der Waals surface area contributed by atoms with Crippen molar-refractivity contribution in [2.45, 2.75) is 33.9 Å². The summed E-state index contributed by atoms with van der Waals surface area (Å²) in [5.41, 5.74) is 4.32. The predicted octanol–water partition coefficient (Wildman–Crippen LogP) is 4.26. The zero-order valence-electron chi connectivity index (χ0n) is 19.6. The summed E-state index contributed by atoms with van der Waals surface area (Å²) in [6.45, 7) is 12.8. The standard InChI is InChI=1S/C26H32N4O3/c1-4-29-12-14-30(15-13-29)17-21-8-10-23(11-9-21)27-26(31)22-6-5-7-24(16-22)32-18-25-19(2)28-33-20(25)3/h5-11,16H,4,12-15,17-18H2,1-3H3,(H,27,31). The molecule has 33 heavy (non-hydrogen) atoms. The third kappa shape index (κ3) is 6.00. The lowest BCUT2D eigenvalue weighted by Crippen LogP contribution is -2.45. The summed E-state index contributed by atoms with van der Waals surface area (Å²) in [5, 5.41) is 6.92. The Hall–Kier alpha value is -3.16. The van der Waals surface area contributed by atoms with E-state index in [2.05, 4.69) is 39.3 Å². The van der Waals surface area contributed by atoms with E-state index < -0.39 is 0 Å². The number of carbonyl (C=O) groups is 1. The number of nitrogens with zero attached hydrogens (tertiary/aromatic N) is 3. The molecule has 7 nitrogen and oxygen atoms in total. The minimum atomic E-state index is -0.166. The maximum absolute atomic E-state index is 12.8. The summed E-state index contributed by atoms with van der Waals surface area (Å²) in [7, 11) is 0. The van der Waals surface area contributed by atoms with Crippen LogP contribution in [0.15, 0.2) is 53.1 Å². The molecule has 1 amide bonds. The van der Waals surface area contributed by atoms with Gasteiger partial charge < -0.3 is 19.5 Å². The van der Waals surface area contributed by atoms with Crippen molar-refractivity contribution in [3.8, 4) is 5.75 Å². The normalized spacial score (nSPS) is 14.9. The Morgan fingerprint density at radius 1 is 1.06 bits per heavy atom. The van der Waals surface area contributed by atoms with E-state index in [-0.39, 0.29) is 5.91 Å². The van der Waals surface area contributed by atoms with Gasteiger partial charge in [-0.2, -0.15) is 0 Å². The summed E-state index contributed by atoms with van der Waals surface area (Å²) in [6.07, 6.45) is 0. The Labute approximate surface area is 195 Å². The van der Waals surface area contributed by atoms with Gasteiger partial charge in [-0.15, -0.1) is 0 Å². The molecule has 1 fully saturated rings. The molecule has 4 rings (SSSR count). The van der Waals surface area contributed by atoms with E-state index in [1.165, 1.54) is 5.56 Å². The molecule has 0 bridgehead atoms. The number of likely N-dealkylation sites (N-methyl/N-ethyl adjacent to an activating group) is 1. The van der Waals surface area contributed by atoms with Crippen molar-refractivity contribution in [1.29, 1.82) is 0 Å². The molecule has 0 spiro atoms. The SMILES string of the molecule is CCN1CCN(Cc2ccc(NC(=O)c3cccc(OCc4c(C)noc4C)c3)cc2)CC1. The Balaban J connectivity index is 1.31. The van der Waals surface area contributed by atoms with Gasteiger partial charge in [0.1, 0.15) is 18.1 Å². The molecular formula is C26H32N4O3. The molecule has 0 aliphatic carbocycles. The third-order valence-corrected chi connectivity index (χ3v) is 6.19. The fraction of sp³-hybridized carbons (Fsp3) is 0.385. The number of carbonyl (C=O) groups excluding carboxylic acids is 1. The molecule has 2 heterocycles. The van der Waals surface area contributed by atoms with Crippen LogP contribution < -0.4 is 10.1 Å². The second-order valence-corrected chi connectivity index (χ2v) is 8.48. The number of nitrogens with one attached hydrogen (secondary N) is 1. The lowest BCUT2D eigenvalue weighted by Gasteiger charge is -2.34. The molecule has 1 saturated heterocycles. The zero-order chi connectivity index (χ0) is 23.2. The average Bonchev–Trinajstić information content (AvgIpc) is 3.16. The monoisotopic (exact) mass is 448 g/mol. The first-order chi connectivity index (χ1) is 16.0. The first-order valence-corrected chi connectivity index (χ1v) is 11.5. The highest BCUT2D eigenvalue weighted by molar-refractivity contribution is 6.04. The van der Waals surface area contributed by atoms with E-state index in [1.54, 1.807) is 12.1 Å². The van der Waals surface area contributed by atoms with Gasteiger partial charge in [-0.1, -0.05) is 30.3 Å². The number of rotatable bonds is 8. The number of aryl methyl sites for hydroxylation is 2. The number of aromatic nitrogens is 1. The molecule has 0 radical (unpaired) electrons. The van der Waals surface area contributed by atoms with Gasteiger partial charge in [0.05, 0.1) is 11.3 Å². The van der Waals surface area contributed by atoms with Crippen LogP contribution in [-0.2, 0) is 13.2 Å². The first kappa shape index (κ1) is 23.0. The minimum Gasteiger partial charge on any atom is -0.489 e. The van der Waals surface area contributed by atoms with Gasteiger partial charge in [-0.05, 0) is 56.3 Å². The zero-order valence-corrected chi connectivity index (χ0v) is 19.6. The maximum atomic E-state index is 12.8. The second-order valence-electron chi connectivity index (χ2n) is 8.48. The van der Waals surface area contributed by atoms with Crippen LogP contribution in [0.3, 0.4) is 0 Å². The van der Waals surface area contributed by atoms with Crippen molar-refractivity contribution in [2.24, 2.45) is 0 Å². The van der Waals surface area contributed by atoms with E-state index in [0.29, 0.717) is 17.9 Å². The highest BCUT2D eigenvalue weighted by Crippen LogP contribution is 2.20. The molecule has 1 aromatic heterocycles. The number of hydrogen-bond donors (Lipinski definition) is 1. The highest BCUT2D eigenvalue weighted by Gasteiger charge is 2.16. The van der Waals surface area contributed by atoms with Crippen molar-refractivity contribution in [2.75, 3.05) is 38.0 Å². The molecule has 0 atom stereocenters. The maximum Gasteiger partial charge on any atom is 0.255 e. The second kappa shape index (κ2) is 10.6. The molecular weight excluding hydrogens is 416 g/mol. The van der Waals surface area contributed by atoms with Gasteiger partial charge in [0.15, 0.2) is 0 Å². The van der Waals surface area contributed by atoms with Crippen LogP contribution in [0.1, 0.15) is 39.9 Å². The third-order valence-electron chi connectivity index (χ3n) is 6.19. The largest absolute Gasteiger partial charge is 0.489 e. The number of piperazine rings is 1. The molecule has 1 aliphatic rings. The van der Waals surface area contributed by atoms with Crippen LogP contribution in [0.2, 0.25) is 0 Å². The fourth-order valence-electron chi connectivity index (χ4n) is 4.01. The fourth-order valence-corrected chi connectivity index (χ4v) is 4.01. The van der Waals surface area contributed by atoms with Crippen LogP contribution in [0, 0.1) is 13.8 Å². The molecule has 2 aromatic carbocycles. The van der Waals surface area contributed by atoms with Gasteiger partial charge in [-0.25, -0.2) is 0 Å². The molecule has 0 unspecified atom stereocenters. The van der Waals surface area contributed by atoms with Crippen LogP contribution >= 0.6 is 0 Å². The van der Waals surface area contributed by atoms with Crippen molar-refractivity contribution in [3.05, 3.63) is 76.7 Å². The van der Waals surface area contributed by atoms with Crippen LogP contribution in [-0.4, -0.2) is 53.6 Å². The van der Waals surface area contributed by atoms with E-state index in [9.17, 15) is 4.79 Å². The van der Waals surface area contributed by atoms with Crippen molar-refractivity contribution in [1.82, 2.24) is 15.0 Å². The lowest BCUT2D eigenvalue weighted by molar-refractivity contribution is 0.102. The number of anilines is 1. The lowest BCUT2D eigenvalue weighted by atomic mass is 10.1. The molecule has 3 aromatic rings. The van der Waals surface area contributed by atoms with Crippen molar-refractivity contribution in [3.63, 3.8) is 0 Å². The van der Waals surface area contributed by atoms with Gasteiger partial charge >= 0.3 is 0 Å². The molecule has 7 heteroatoms. The predicted molar refractivity (Wildman–Crippen MR) is 129 cm³/mol. The summed E-state index contributed by atoms with van der Waals surface area (Å²) in [4.78, 5) is 17.7.